The fourth-order valence-corrected chi connectivity index (χ4v) is 1.81. The molecule has 80 valence electrons. The van der Waals surface area contributed by atoms with E-state index in [0.717, 1.165) is 29.7 Å². The maximum Gasteiger partial charge on any atom is 0.0991 e. The zero-order valence-electron chi connectivity index (χ0n) is 8.78. The number of aliphatic imine (C=N–C) groups is 1. The van der Waals surface area contributed by atoms with Crippen LogP contribution in [0.3, 0.4) is 0 Å². The van der Waals surface area contributed by atoms with Crippen molar-refractivity contribution in [3.63, 3.8) is 0 Å². The van der Waals surface area contributed by atoms with E-state index in [0.29, 0.717) is 11.4 Å². The van der Waals surface area contributed by atoms with E-state index in [9.17, 15) is 0 Å². The fraction of sp³-hybridized carbons (Fsp3) is 0.231. The third-order valence-electron chi connectivity index (χ3n) is 2.48. The number of allylic oxidation sites excluding steroid dienone is 2. The van der Waals surface area contributed by atoms with Crippen LogP contribution in [-0.2, 0) is 0 Å². The van der Waals surface area contributed by atoms with Crippen LogP contribution in [0.1, 0.15) is 24.0 Å². The molecule has 2 nitrogen and oxygen atoms in total. The van der Waals surface area contributed by atoms with Crippen molar-refractivity contribution in [3.05, 3.63) is 35.4 Å². The molecule has 0 aliphatic carbocycles. The average Bonchev–Trinajstić information content (AvgIpc) is 2.72. The summed E-state index contributed by atoms with van der Waals surface area (Å²) in [5.41, 5.74) is 3.76. The number of fused-ring (bicyclic) bond motifs is 1. The molecule has 0 amide bonds. The van der Waals surface area contributed by atoms with Gasteiger partial charge in [0, 0.05) is 17.7 Å². The number of unbranched alkanes of at least 4 members (excludes halogenated alkanes) is 1. The molecule has 1 aliphatic rings. The first kappa shape index (κ1) is 10.9. The van der Waals surface area contributed by atoms with Gasteiger partial charge in [-0.15, -0.1) is 11.6 Å². The van der Waals surface area contributed by atoms with Gasteiger partial charge in [-0.05, 0) is 36.6 Å². The highest BCUT2D eigenvalue weighted by Crippen LogP contribution is 2.32. The maximum atomic E-state index is 8.84. The summed E-state index contributed by atoms with van der Waals surface area (Å²) in [5.74, 6) is 0.673. The molecule has 0 saturated heterocycles. The Hall–Kier alpha value is -1.59. The molecule has 0 atom stereocenters. The summed E-state index contributed by atoms with van der Waals surface area (Å²) in [6.07, 6.45) is 5.88. The third kappa shape index (κ3) is 2.15. The molecule has 1 aliphatic heterocycles. The van der Waals surface area contributed by atoms with Crippen LogP contribution in [0.5, 0.6) is 0 Å². The van der Waals surface area contributed by atoms with E-state index in [1.165, 1.54) is 0 Å². The Morgan fingerprint density at radius 3 is 3.06 bits per heavy atom. The number of nitrogens with zero attached hydrogens (tertiary/aromatic N) is 2. The van der Waals surface area contributed by atoms with Crippen molar-refractivity contribution < 1.29 is 0 Å². The van der Waals surface area contributed by atoms with E-state index < -0.39 is 0 Å². The highest BCUT2D eigenvalue weighted by Gasteiger charge is 2.11. The molecule has 0 radical (unpaired) electrons. The fourth-order valence-electron chi connectivity index (χ4n) is 1.66. The Balaban J connectivity index is 2.27. The smallest absolute Gasteiger partial charge is 0.0991 e. The molecular formula is C13H11ClN2. The lowest BCUT2D eigenvalue weighted by Crippen LogP contribution is -1.83. The van der Waals surface area contributed by atoms with Gasteiger partial charge in [0.15, 0.2) is 0 Å². The van der Waals surface area contributed by atoms with Crippen LogP contribution >= 0.6 is 11.6 Å². The van der Waals surface area contributed by atoms with Crippen molar-refractivity contribution in [2.75, 3.05) is 5.88 Å². The number of hydrogen-bond acceptors (Lipinski definition) is 2. The van der Waals surface area contributed by atoms with Gasteiger partial charge in [0.1, 0.15) is 0 Å². The standard InChI is InChI=1S/C13H11ClN2/c14-6-2-1-3-11-9-16-13-5-4-10(8-15)7-12(11)13/h3-5,7,9H,1-2,6H2/b11-3+. The molecule has 0 fully saturated rings. The predicted octanol–water partition coefficient (Wildman–Crippen LogP) is 3.68. The van der Waals surface area contributed by atoms with Crippen molar-refractivity contribution in [3.8, 4) is 6.07 Å². The molecule has 0 saturated carbocycles. The molecule has 0 spiro atoms. The van der Waals surface area contributed by atoms with Gasteiger partial charge in [0.05, 0.1) is 17.3 Å². The predicted molar refractivity (Wildman–Crippen MR) is 67.2 cm³/mol. The topological polar surface area (TPSA) is 36.1 Å². The van der Waals surface area contributed by atoms with Gasteiger partial charge in [0.2, 0.25) is 0 Å². The van der Waals surface area contributed by atoms with Crippen LogP contribution in [0.25, 0.3) is 5.57 Å². The highest BCUT2D eigenvalue weighted by molar-refractivity contribution is 6.18. The number of hydrogen-bond donors (Lipinski definition) is 0. The molecule has 2 rings (SSSR count). The van der Waals surface area contributed by atoms with Crippen molar-refractivity contribution in [2.45, 2.75) is 12.8 Å². The maximum absolute atomic E-state index is 8.84. The van der Waals surface area contributed by atoms with Crippen LogP contribution in [0.15, 0.2) is 29.3 Å². The molecule has 3 heteroatoms. The van der Waals surface area contributed by atoms with Crippen molar-refractivity contribution in [1.82, 2.24) is 0 Å². The number of alkyl halides is 1. The second kappa shape index (κ2) is 4.96. The van der Waals surface area contributed by atoms with Gasteiger partial charge in [-0.3, -0.25) is 4.99 Å². The first-order valence-electron chi connectivity index (χ1n) is 5.20. The van der Waals surface area contributed by atoms with Gasteiger partial charge >= 0.3 is 0 Å². The second-order valence-corrected chi connectivity index (χ2v) is 3.97. The highest BCUT2D eigenvalue weighted by atomic mass is 35.5. The summed E-state index contributed by atoms with van der Waals surface area (Å²) in [6.45, 7) is 0. The van der Waals surface area contributed by atoms with Gasteiger partial charge < -0.3 is 0 Å². The molecule has 0 aromatic heterocycles. The van der Waals surface area contributed by atoms with E-state index >= 15 is 0 Å². The number of benzene rings is 1. The van der Waals surface area contributed by atoms with E-state index in [1.54, 1.807) is 6.07 Å². The Kier molecular flexibility index (Phi) is 3.38. The van der Waals surface area contributed by atoms with Crippen LogP contribution in [0, 0.1) is 11.3 Å². The molecule has 1 aromatic rings. The zero-order chi connectivity index (χ0) is 11.4. The first-order chi connectivity index (χ1) is 7.85. The Bertz CT molecular complexity index is 495. The zero-order valence-corrected chi connectivity index (χ0v) is 9.54. The summed E-state index contributed by atoms with van der Waals surface area (Å²) in [6, 6.07) is 7.70. The monoisotopic (exact) mass is 230 g/mol. The molecule has 0 N–H and O–H groups in total. The van der Waals surface area contributed by atoms with Crippen molar-refractivity contribution in [2.24, 2.45) is 4.99 Å². The number of rotatable bonds is 3. The lowest BCUT2D eigenvalue weighted by molar-refractivity contribution is 0.969. The van der Waals surface area contributed by atoms with Crippen LogP contribution in [-0.4, -0.2) is 12.1 Å². The van der Waals surface area contributed by atoms with Gasteiger partial charge in [-0.2, -0.15) is 5.26 Å². The largest absolute Gasteiger partial charge is 0.256 e. The molecule has 1 heterocycles. The van der Waals surface area contributed by atoms with Crippen molar-refractivity contribution >= 4 is 29.1 Å². The summed E-state index contributed by atoms with van der Waals surface area (Å²) in [5, 5.41) is 8.84. The Labute approximate surface area is 99.9 Å². The molecular weight excluding hydrogens is 220 g/mol. The average molecular weight is 231 g/mol. The van der Waals surface area contributed by atoms with Gasteiger partial charge in [-0.25, -0.2) is 0 Å². The summed E-state index contributed by atoms with van der Waals surface area (Å²) < 4.78 is 0. The molecule has 16 heavy (non-hydrogen) atoms. The quantitative estimate of drug-likeness (QED) is 0.576. The van der Waals surface area contributed by atoms with Gasteiger partial charge in [-0.1, -0.05) is 6.08 Å². The van der Waals surface area contributed by atoms with Crippen molar-refractivity contribution in [1.29, 1.82) is 5.26 Å². The molecule has 1 aromatic carbocycles. The number of nitriles is 1. The first-order valence-corrected chi connectivity index (χ1v) is 5.73. The summed E-state index contributed by atoms with van der Waals surface area (Å²) in [4.78, 5) is 4.30. The third-order valence-corrected chi connectivity index (χ3v) is 2.75. The minimum absolute atomic E-state index is 0.673. The number of halogens is 1. The SMILES string of the molecule is N#Cc1ccc2c(c1)/C(=C/CCCCl)C=N2. The molecule has 0 bridgehead atoms. The van der Waals surface area contributed by atoms with Crippen LogP contribution < -0.4 is 0 Å². The normalized spacial score (nSPS) is 15.1. The Morgan fingerprint density at radius 2 is 2.31 bits per heavy atom. The summed E-state index contributed by atoms with van der Waals surface area (Å²) >= 11 is 5.63. The minimum Gasteiger partial charge on any atom is -0.256 e. The second-order valence-electron chi connectivity index (χ2n) is 3.59. The molecule has 0 unspecified atom stereocenters. The van der Waals surface area contributed by atoms with Crippen LogP contribution in [0.2, 0.25) is 0 Å². The van der Waals surface area contributed by atoms with Crippen LogP contribution in [0.4, 0.5) is 5.69 Å². The van der Waals surface area contributed by atoms with E-state index in [-0.39, 0.29) is 0 Å². The lowest BCUT2D eigenvalue weighted by atomic mass is 10.0. The minimum atomic E-state index is 0.673. The van der Waals surface area contributed by atoms with E-state index in [4.69, 9.17) is 16.9 Å². The van der Waals surface area contributed by atoms with E-state index in [1.807, 2.05) is 18.3 Å². The lowest BCUT2D eigenvalue weighted by Gasteiger charge is -1.99. The Morgan fingerprint density at radius 1 is 1.44 bits per heavy atom. The summed E-state index contributed by atoms with van der Waals surface area (Å²) in [7, 11) is 0. The van der Waals surface area contributed by atoms with E-state index in [2.05, 4.69) is 17.1 Å². The van der Waals surface area contributed by atoms with Gasteiger partial charge in [0.25, 0.3) is 0 Å².